The van der Waals surface area contributed by atoms with Crippen molar-refractivity contribution in [2.24, 2.45) is 5.92 Å². The van der Waals surface area contributed by atoms with Crippen LogP contribution in [0.3, 0.4) is 0 Å². The van der Waals surface area contributed by atoms with Gasteiger partial charge in [-0.25, -0.2) is 13.1 Å². The highest BCUT2D eigenvalue weighted by Gasteiger charge is 2.34. The third kappa shape index (κ3) is 3.46. The van der Waals surface area contributed by atoms with Crippen molar-refractivity contribution >= 4 is 26.8 Å². The maximum atomic E-state index is 12.7. The average Bonchev–Trinajstić information content (AvgIpc) is 3.32. The van der Waals surface area contributed by atoms with Crippen LogP contribution in [0.25, 0.3) is 10.9 Å². The van der Waals surface area contributed by atoms with Gasteiger partial charge in [0.15, 0.2) is 0 Å². The number of pyridine rings is 1. The molecule has 4 rings (SSSR count). The Bertz CT molecular complexity index is 923. The fourth-order valence-corrected chi connectivity index (χ4v) is 5.21. The number of hydrogen-bond acceptors (Lipinski definition) is 4. The molecule has 0 radical (unpaired) electrons. The van der Waals surface area contributed by atoms with Crippen molar-refractivity contribution < 1.29 is 13.2 Å². The summed E-state index contributed by atoms with van der Waals surface area (Å²) in [6, 6.07) is 8.83. The van der Waals surface area contributed by atoms with Crippen LogP contribution in [0.4, 0.5) is 0 Å². The topological polar surface area (TPSA) is 79.4 Å². The predicted molar refractivity (Wildman–Crippen MR) is 99.0 cm³/mol. The molecule has 1 aliphatic heterocycles. The first-order valence-corrected chi connectivity index (χ1v) is 10.7. The number of carbonyl (C=O) groups is 1. The minimum Gasteiger partial charge on any atom is -0.341 e. The van der Waals surface area contributed by atoms with E-state index in [4.69, 9.17) is 0 Å². The van der Waals surface area contributed by atoms with Crippen molar-refractivity contribution in [3.05, 3.63) is 36.5 Å². The molecule has 1 amide bonds. The lowest BCUT2D eigenvalue weighted by atomic mass is 10.1. The molecule has 6 nitrogen and oxygen atoms in total. The van der Waals surface area contributed by atoms with E-state index in [1.54, 1.807) is 6.07 Å². The van der Waals surface area contributed by atoms with Crippen molar-refractivity contribution in [1.29, 1.82) is 0 Å². The first-order chi connectivity index (χ1) is 12.5. The van der Waals surface area contributed by atoms with Gasteiger partial charge in [0.2, 0.25) is 15.9 Å². The number of nitrogens with one attached hydrogen (secondary N) is 1. The second-order valence-electron chi connectivity index (χ2n) is 7.24. The molecule has 2 fully saturated rings. The molecule has 1 saturated carbocycles. The monoisotopic (exact) mass is 373 g/mol. The van der Waals surface area contributed by atoms with Crippen molar-refractivity contribution in [1.82, 2.24) is 14.6 Å². The molecule has 2 aromatic rings. The van der Waals surface area contributed by atoms with Gasteiger partial charge in [0.1, 0.15) is 4.90 Å². The number of likely N-dealkylation sites (tertiary alicyclic amines) is 1. The summed E-state index contributed by atoms with van der Waals surface area (Å²) in [5.74, 6) is 0.326. The third-order valence-corrected chi connectivity index (χ3v) is 6.89. The van der Waals surface area contributed by atoms with Crippen molar-refractivity contribution in [3.8, 4) is 0 Å². The summed E-state index contributed by atoms with van der Waals surface area (Å²) in [6.07, 6.45) is 6.22. The number of sulfonamides is 1. The van der Waals surface area contributed by atoms with Crippen LogP contribution in [0.5, 0.6) is 0 Å². The highest BCUT2D eigenvalue weighted by Crippen LogP contribution is 2.28. The van der Waals surface area contributed by atoms with Crippen LogP contribution >= 0.6 is 0 Å². The van der Waals surface area contributed by atoms with E-state index >= 15 is 0 Å². The minimum atomic E-state index is -3.65. The zero-order valence-electron chi connectivity index (χ0n) is 14.6. The lowest BCUT2D eigenvalue weighted by Gasteiger charge is -2.20. The molecule has 1 aliphatic carbocycles. The summed E-state index contributed by atoms with van der Waals surface area (Å²) >= 11 is 0. The van der Waals surface area contributed by atoms with Gasteiger partial charge in [0.25, 0.3) is 0 Å². The van der Waals surface area contributed by atoms with Gasteiger partial charge in [0, 0.05) is 36.6 Å². The Kier molecular flexibility index (Phi) is 4.67. The van der Waals surface area contributed by atoms with Gasteiger partial charge >= 0.3 is 0 Å². The summed E-state index contributed by atoms with van der Waals surface area (Å²) in [6.45, 7) is 1.08. The SMILES string of the molecule is O=C(C1CCCC1)N1CC[C@H](NS(=O)(=O)c2cnc3ccccc3c2)C1. The first kappa shape index (κ1) is 17.4. The average molecular weight is 373 g/mol. The zero-order chi connectivity index (χ0) is 18.1. The molecule has 1 aromatic carbocycles. The van der Waals surface area contributed by atoms with Crippen LogP contribution in [-0.2, 0) is 14.8 Å². The molecule has 0 spiro atoms. The minimum absolute atomic E-state index is 0.134. The van der Waals surface area contributed by atoms with Crippen LogP contribution in [0.1, 0.15) is 32.1 Å². The molecule has 0 unspecified atom stereocenters. The first-order valence-electron chi connectivity index (χ1n) is 9.19. The quantitative estimate of drug-likeness (QED) is 0.892. The van der Waals surface area contributed by atoms with Crippen LogP contribution < -0.4 is 4.72 Å². The van der Waals surface area contributed by atoms with Crippen molar-refractivity contribution in [2.45, 2.75) is 43.0 Å². The molecular weight excluding hydrogens is 350 g/mol. The van der Waals surface area contributed by atoms with Gasteiger partial charge in [0.05, 0.1) is 5.52 Å². The Morgan fingerprint density at radius 2 is 1.92 bits per heavy atom. The standard InChI is InChI=1S/C19H23N3O3S/c23-19(14-5-1-2-6-14)22-10-9-16(13-22)21-26(24,25)17-11-15-7-3-4-8-18(15)20-12-17/h3-4,7-8,11-12,14,16,21H,1-2,5-6,9-10,13H2/t16-/m0/s1. The molecule has 1 aromatic heterocycles. The largest absolute Gasteiger partial charge is 0.341 e. The number of aromatic nitrogens is 1. The molecule has 7 heteroatoms. The van der Waals surface area contributed by atoms with E-state index in [1.165, 1.54) is 6.20 Å². The number of para-hydroxylation sites is 1. The molecule has 1 atom stereocenters. The molecular formula is C19H23N3O3S. The Labute approximate surface area is 153 Å². The molecule has 1 N–H and O–H groups in total. The lowest BCUT2D eigenvalue weighted by Crippen LogP contribution is -2.39. The molecule has 1 saturated heterocycles. The van der Waals surface area contributed by atoms with Crippen LogP contribution in [0.15, 0.2) is 41.4 Å². The van der Waals surface area contributed by atoms with Crippen molar-refractivity contribution in [2.75, 3.05) is 13.1 Å². The van der Waals surface area contributed by atoms with Gasteiger partial charge < -0.3 is 4.90 Å². The third-order valence-electron chi connectivity index (χ3n) is 5.40. The molecule has 26 heavy (non-hydrogen) atoms. The number of carbonyl (C=O) groups excluding carboxylic acids is 1. The second kappa shape index (κ2) is 6.96. The van der Waals surface area contributed by atoms with Gasteiger partial charge in [-0.15, -0.1) is 0 Å². The zero-order valence-corrected chi connectivity index (χ0v) is 15.4. The Balaban J connectivity index is 1.45. The van der Waals surface area contributed by atoms with Crippen LogP contribution in [0, 0.1) is 5.92 Å². The summed E-state index contributed by atoms with van der Waals surface area (Å²) in [7, 11) is -3.65. The van der Waals surface area contributed by atoms with E-state index in [1.807, 2.05) is 29.2 Å². The number of hydrogen-bond donors (Lipinski definition) is 1. The summed E-state index contributed by atoms with van der Waals surface area (Å²) in [5, 5.41) is 0.792. The maximum Gasteiger partial charge on any atom is 0.242 e. The van der Waals surface area contributed by atoms with E-state index in [-0.39, 0.29) is 22.8 Å². The van der Waals surface area contributed by atoms with E-state index in [0.29, 0.717) is 19.5 Å². The highest BCUT2D eigenvalue weighted by atomic mass is 32.2. The van der Waals surface area contributed by atoms with Gasteiger partial charge in [-0.2, -0.15) is 0 Å². The number of nitrogens with zero attached hydrogens (tertiary/aromatic N) is 2. The second-order valence-corrected chi connectivity index (χ2v) is 8.95. The fourth-order valence-electron chi connectivity index (χ4n) is 3.97. The van der Waals surface area contributed by atoms with Crippen LogP contribution in [0.2, 0.25) is 0 Å². The number of fused-ring (bicyclic) bond motifs is 1. The van der Waals surface area contributed by atoms with E-state index in [9.17, 15) is 13.2 Å². The molecule has 2 aliphatic rings. The molecule has 0 bridgehead atoms. The Hall–Kier alpha value is -1.99. The highest BCUT2D eigenvalue weighted by molar-refractivity contribution is 7.89. The summed E-state index contributed by atoms with van der Waals surface area (Å²) in [5.41, 5.74) is 0.764. The fraction of sp³-hybridized carbons (Fsp3) is 0.474. The summed E-state index contributed by atoms with van der Waals surface area (Å²) < 4.78 is 28.2. The van der Waals surface area contributed by atoms with Gasteiger partial charge in [-0.05, 0) is 31.4 Å². The lowest BCUT2D eigenvalue weighted by molar-refractivity contribution is -0.134. The Morgan fingerprint density at radius 1 is 1.15 bits per heavy atom. The number of benzene rings is 1. The van der Waals surface area contributed by atoms with Gasteiger partial charge in [-0.1, -0.05) is 31.0 Å². The van der Waals surface area contributed by atoms with Crippen molar-refractivity contribution in [3.63, 3.8) is 0 Å². The number of amides is 1. The van der Waals surface area contributed by atoms with E-state index < -0.39 is 10.0 Å². The number of rotatable bonds is 4. The van der Waals surface area contributed by atoms with E-state index in [0.717, 1.165) is 36.6 Å². The maximum absolute atomic E-state index is 12.7. The molecule has 2 heterocycles. The summed E-state index contributed by atoms with van der Waals surface area (Å²) in [4.78, 5) is 18.7. The smallest absolute Gasteiger partial charge is 0.242 e. The van der Waals surface area contributed by atoms with Crippen LogP contribution in [-0.4, -0.2) is 43.3 Å². The Morgan fingerprint density at radius 3 is 2.73 bits per heavy atom. The van der Waals surface area contributed by atoms with Gasteiger partial charge in [-0.3, -0.25) is 9.78 Å². The normalized spacial score (nSPS) is 21.5. The molecule has 138 valence electrons. The predicted octanol–water partition coefficient (Wildman–Crippen LogP) is 2.30. The van der Waals surface area contributed by atoms with E-state index in [2.05, 4.69) is 9.71 Å².